The first-order valence-electron chi connectivity index (χ1n) is 12.8. The summed E-state index contributed by atoms with van der Waals surface area (Å²) < 4.78 is 30.0. The van der Waals surface area contributed by atoms with Gasteiger partial charge in [-0.3, -0.25) is 0 Å². The summed E-state index contributed by atoms with van der Waals surface area (Å²) >= 11 is 0. The Morgan fingerprint density at radius 1 is 1.11 bits per heavy atom. The van der Waals surface area contributed by atoms with Gasteiger partial charge in [0.15, 0.2) is 5.65 Å². The minimum absolute atomic E-state index is 0.211. The summed E-state index contributed by atoms with van der Waals surface area (Å²) in [5.74, 6) is 0. The molecule has 0 amide bonds. The van der Waals surface area contributed by atoms with E-state index >= 15 is 0 Å². The van der Waals surface area contributed by atoms with Crippen molar-refractivity contribution in [2.24, 2.45) is 0 Å². The molecule has 0 spiro atoms. The molecule has 2 aliphatic rings. The van der Waals surface area contributed by atoms with Crippen LogP contribution in [-0.2, 0) is 10.0 Å². The van der Waals surface area contributed by atoms with Crippen LogP contribution in [0.2, 0.25) is 0 Å². The van der Waals surface area contributed by atoms with Crippen molar-refractivity contribution >= 4 is 26.9 Å². The van der Waals surface area contributed by atoms with Crippen molar-refractivity contribution in [1.29, 1.82) is 0 Å². The number of sulfonamides is 1. The Morgan fingerprint density at radius 3 is 2.70 bits per heavy atom. The lowest BCUT2D eigenvalue weighted by molar-refractivity contribution is 0.337. The summed E-state index contributed by atoms with van der Waals surface area (Å²) in [5, 5.41) is 12.2. The summed E-state index contributed by atoms with van der Waals surface area (Å²) in [5.41, 5.74) is 5.03. The van der Waals surface area contributed by atoms with Gasteiger partial charge in [-0.05, 0) is 70.9 Å². The molecule has 1 aromatic carbocycles. The van der Waals surface area contributed by atoms with Gasteiger partial charge in [0.1, 0.15) is 11.2 Å². The molecule has 0 aliphatic carbocycles. The Kier molecular flexibility index (Phi) is 6.17. The predicted molar refractivity (Wildman–Crippen MR) is 142 cm³/mol. The van der Waals surface area contributed by atoms with Gasteiger partial charge in [0.05, 0.1) is 29.0 Å². The molecule has 3 N–H and O–H groups in total. The van der Waals surface area contributed by atoms with Crippen molar-refractivity contribution < 1.29 is 8.42 Å². The van der Waals surface area contributed by atoms with Gasteiger partial charge in [-0.15, -0.1) is 5.10 Å². The summed E-state index contributed by atoms with van der Waals surface area (Å²) in [4.78, 5) is 15.2. The lowest BCUT2D eigenvalue weighted by Gasteiger charge is -2.25. The molecule has 2 aliphatic heterocycles. The second kappa shape index (κ2) is 9.51. The first kappa shape index (κ1) is 24.0. The van der Waals surface area contributed by atoms with Crippen LogP contribution in [0.25, 0.3) is 33.7 Å². The number of aromatic nitrogens is 6. The first-order valence-corrected chi connectivity index (χ1v) is 14.2. The lowest BCUT2D eigenvalue weighted by Crippen LogP contribution is -2.29. The Balaban J connectivity index is 1.42. The molecule has 4 aromatic rings. The Hall–Kier alpha value is -3.35. The average molecular weight is 522 g/mol. The Morgan fingerprint density at radius 2 is 1.95 bits per heavy atom. The minimum Gasteiger partial charge on any atom is -0.369 e. The van der Waals surface area contributed by atoms with Gasteiger partial charge < -0.3 is 15.2 Å². The molecule has 1 unspecified atom stereocenters. The third kappa shape index (κ3) is 4.49. The molecule has 0 bridgehead atoms. The minimum atomic E-state index is -3.65. The molecule has 6 rings (SSSR count). The van der Waals surface area contributed by atoms with E-state index in [2.05, 4.69) is 42.1 Å². The van der Waals surface area contributed by atoms with Gasteiger partial charge in [0, 0.05) is 35.6 Å². The van der Waals surface area contributed by atoms with Crippen molar-refractivity contribution in [3.05, 3.63) is 36.8 Å². The van der Waals surface area contributed by atoms with Crippen molar-refractivity contribution in [2.75, 3.05) is 31.6 Å². The second-order valence-corrected chi connectivity index (χ2v) is 11.7. The molecular weight excluding hydrogens is 490 g/mol. The summed E-state index contributed by atoms with van der Waals surface area (Å²) in [7, 11) is -2.22. The van der Waals surface area contributed by atoms with Crippen LogP contribution in [-0.4, -0.2) is 71.1 Å². The number of piperidine rings is 1. The van der Waals surface area contributed by atoms with Crippen LogP contribution in [0.3, 0.4) is 0 Å². The van der Waals surface area contributed by atoms with Crippen LogP contribution in [0.1, 0.15) is 38.6 Å². The van der Waals surface area contributed by atoms with Gasteiger partial charge in [-0.25, -0.2) is 27.8 Å². The Labute approximate surface area is 215 Å². The highest BCUT2D eigenvalue weighted by molar-refractivity contribution is 7.89. The molecule has 2 fully saturated rings. The van der Waals surface area contributed by atoms with E-state index in [0.717, 1.165) is 62.3 Å². The van der Waals surface area contributed by atoms with Crippen LogP contribution >= 0.6 is 0 Å². The first-order chi connectivity index (χ1) is 17.9. The average Bonchev–Trinajstić information content (AvgIpc) is 3.68. The maximum Gasteiger partial charge on any atom is 0.240 e. The number of nitrogens with zero attached hydrogens (tertiary/aromatic N) is 6. The summed E-state index contributed by atoms with van der Waals surface area (Å²) in [6.07, 6.45) is 9.70. The summed E-state index contributed by atoms with van der Waals surface area (Å²) in [6, 6.07) is 6.08. The number of H-pyrrole nitrogens is 1. The van der Waals surface area contributed by atoms with Gasteiger partial charge in [-0.2, -0.15) is 0 Å². The number of benzene rings is 1. The van der Waals surface area contributed by atoms with E-state index in [0.29, 0.717) is 34.5 Å². The second-order valence-electron chi connectivity index (χ2n) is 9.83. The third-order valence-electron chi connectivity index (χ3n) is 7.50. The van der Waals surface area contributed by atoms with E-state index in [4.69, 9.17) is 4.98 Å². The van der Waals surface area contributed by atoms with Crippen molar-refractivity contribution in [3.8, 4) is 22.5 Å². The zero-order valence-electron chi connectivity index (χ0n) is 21.0. The zero-order valence-corrected chi connectivity index (χ0v) is 21.8. The van der Waals surface area contributed by atoms with Crippen molar-refractivity contribution in [2.45, 2.75) is 49.6 Å². The summed E-state index contributed by atoms with van der Waals surface area (Å²) in [6.45, 7) is 5.01. The van der Waals surface area contributed by atoms with Crippen LogP contribution in [0, 0.1) is 0 Å². The molecule has 0 radical (unpaired) electrons. The third-order valence-corrected chi connectivity index (χ3v) is 8.89. The molecular formula is C25H31N9O2S. The normalized spacial score (nSPS) is 19.2. The fraction of sp³-hybridized carbons (Fsp3) is 0.440. The van der Waals surface area contributed by atoms with E-state index in [9.17, 15) is 8.42 Å². The van der Waals surface area contributed by atoms with Gasteiger partial charge in [0.25, 0.3) is 0 Å². The largest absolute Gasteiger partial charge is 0.369 e. The monoisotopic (exact) mass is 521 g/mol. The van der Waals surface area contributed by atoms with Gasteiger partial charge in [-0.1, -0.05) is 5.21 Å². The molecule has 1 atom stereocenters. The molecule has 194 valence electrons. The lowest BCUT2D eigenvalue weighted by atomic mass is 10.1. The number of anilines is 1. The highest BCUT2D eigenvalue weighted by Gasteiger charge is 2.24. The number of hydrogen-bond donors (Lipinski definition) is 3. The predicted octanol–water partition coefficient (Wildman–Crippen LogP) is 2.70. The van der Waals surface area contributed by atoms with Gasteiger partial charge >= 0.3 is 0 Å². The topological polar surface area (TPSA) is 134 Å². The molecule has 37 heavy (non-hydrogen) atoms. The van der Waals surface area contributed by atoms with Crippen LogP contribution in [0.5, 0.6) is 0 Å². The molecule has 0 saturated carbocycles. The van der Waals surface area contributed by atoms with Crippen LogP contribution in [0.4, 0.5) is 5.69 Å². The SMILES string of the molecule is CNS(=O)(=O)c1cc(-c2cnc3[nH]cc(-c4cn(C5CCNCC5)nn4)c3n2)cc(N2CCCC2C)c1. The van der Waals surface area contributed by atoms with E-state index in [1.54, 1.807) is 18.3 Å². The fourth-order valence-corrected chi connectivity index (χ4v) is 6.16. The fourth-order valence-electron chi connectivity index (χ4n) is 5.36. The Bertz CT molecular complexity index is 1540. The molecule has 11 nitrogen and oxygen atoms in total. The van der Waals surface area contributed by atoms with E-state index in [1.165, 1.54) is 7.05 Å². The maximum absolute atomic E-state index is 12.8. The van der Waals surface area contributed by atoms with Crippen molar-refractivity contribution in [1.82, 2.24) is 40.0 Å². The molecule has 12 heteroatoms. The number of nitrogens with one attached hydrogen (secondary N) is 3. The van der Waals surface area contributed by atoms with Crippen LogP contribution < -0.4 is 14.9 Å². The maximum atomic E-state index is 12.8. The zero-order chi connectivity index (χ0) is 25.6. The highest BCUT2D eigenvalue weighted by Crippen LogP contribution is 2.33. The number of aromatic amines is 1. The molecule has 3 aromatic heterocycles. The van der Waals surface area contributed by atoms with Crippen LogP contribution in [0.15, 0.2) is 41.7 Å². The quantitative estimate of drug-likeness (QED) is 0.353. The standard InChI is InChI=1S/C25H31N9O2S/c1-16-4-3-9-33(16)19-10-17(11-20(12-19)37(35,36)26-2)22-14-29-25-24(30-22)21(13-28-25)23-15-34(32-31-23)18-5-7-27-8-6-18/h10-16,18,26-27H,3-9H2,1-2H3,(H,28,29). The van der Waals surface area contributed by atoms with E-state index in [-0.39, 0.29) is 4.90 Å². The number of hydrogen-bond acceptors (Lipinski definition) is 8. The van der Waals surface area contributed by atoms with Crippen molar-refractivity contribution in [3.63, 3.8) is 0 Å². The van der Waals surface area contributed by atoms with E-state index < -0.39 is 10.0 Å². The molecule has 2 saturated heterocycles. The smallest absolute Gasteiger partial charge is 0.240 e. The van der Waals surface area contributed by atoms with E-state index in [1.807, 2.05) is 23.1 Å². The molecule has 5 heterocycles. The number of fused-ring (bicyclic) bond motifs is 1. The highest BCUT2D eigenvalue weighted by atomic mass is 32.2. The number of rotatable bonds is 6. The van der Waals surface area contributed by atoms with Gasteiger partial charge in [0.2, 0.25) is 10.0 Å².